The largest absolute Gasteiger partial charge is 0.378 e. The molecule has 0 aliphatic carbocycles. The lowest BCUT2D eigenvalue weighted by Gasteiger charge is -2.41. The molecule has 74 valence electrons. The summed E-state index contributed by atoms with van der Waals surface area (Å²) in [5, 5.41) is 0. The molecule has 0 aromatic carbocycles. The number of carbonyl (C=O) groups is 1. The molecular formula is C8H15N3O2. The summed E-state index contributed by atoms with van der Waals surface area (Å²) in [5.74, 6) is 0. The first-order chi connectivity index (χ1) is 6.27. The third-order valence-corrected chi connectivity index (χ3v) is 2.46. The molecular weight excluding hydrogens is 170 g/mol. The SMILES string of the molecule is NC1CN(C(=O)N2CCOCC2)C1. The summed E-state index contributed by atoms with van der Waals surface area (Å²) in [6.07, 6.45) is 0. The summed E-state index contributed by atoms with van der Waals surface area (Å²) >= 11 is 0. The smallest absolute Gasteiger partial charge is 0.320 e. The van der Waals surface area contributed by atoms with Crippen molar-refractivity contribution in [2.24, 2.45) is 5.73 Å². The van der Waals surface area contributed by atoms with E-state index in [2.05, 4.69) is 0 Å². The second kappa shape index (κ2) is 3.51. The van der Waals surface area contributed by atoms with Crippen LogP contribution in [0.4, 0.5) is 4.79 Å². The quantitative estimate of drug-likeness (QED) is 0.531. The van der Waals surface area contributed by atoms with Gasteiger partial charge in [0, 0.05) is 32.2 Å². The first-order valence-corrected chi connectivity index (χ1v) is 4.64. The highest BCUT2D eigenvalue weighted by molar-refractivity contribution is 5.75. The number of carbonyl (C=O) groups excluding carboxylic acids is 1. The zero-order valence-corrected chi connectivity index (χ0v) is 7.61. The van der Waals surface area contributed by atoms with Gasteiger partial charge in [0.1, 0.15) is 0 Å². The highest BCUT2D eigenvalue weighted by Crippen LogP contribution is 2.10. The van der Waals surface area contributed by atoms with Gasteiger partial charge in [-0.25, -0.2) is 4.79 Å². The van der Waals surface area contributed by atoms with E-state index in [0.717, 1.165) is 0 Å². The maximum absolute atomic E-state index is 11.7. The number of amides is 2. The van der Waals surface area contributed by atoms with Crippen molar-refractivity contribution in [2.75, 3.05) is 39.4 Å². The Morgan fingerprint density at radius 2 is 1.85 bits per heavy atom. The van der Waals surface area contributed by atoms with Gasteiger partial charge in [-0.3, -0.25) is 0 Å². The number of morpholine rings is 1. The lowest BCUT2D eigenvalue weighted by Crippen LogP contribution is -2.61. The molecule has 0 atom stereocenters. The van der Waals surface area contributed by atoms with E-state index in [1.165, 1.54) is 0 Å². The van der Waals surface area contributed by atoms with E-state index in [1.807, 2.05) is 4.90 Å². The van der Waals surface area contributed by atoms with Crippen molar-refractivity contribution in [3.05, 3.63) is 0 Å². The molecule has 2 rings (SSSR count). The van der Waals surface area contributed by atoms with Gasteiger partial charge in [0.15, 0.2) is 0 Å². The number of likely N-dealkylation sites (tertiary alicyclic amines) is 1. The third-order valence-electron chi connectivity index (χ3n) is 2.46. The zero-order chi connectivity index (χ0) is 9.26. The molecule has 13 heavy (non-hydrogen) atoms. The molecule has 0 aromatic rings. The standard InChI is InChI=1S/C8H15N3O2/c9-7-5-11(6-7)8(12)10-1-3-13-4-2-10/h7H,1-6,9H2. The monoisotopic (exact) mass is 185 g/mol. The van der Waals surface area contributed by atoms with Crippen LogP contribution in [0, 0.1) is 0 Å². The molecule has 2 heterocycles. The Morgan fingerprint density at radius 1 is 1.23 bits per heavy atom. The lowest BCUT2D eigenvalue weighted by molar-refractivity contribution is 0.0352. The summed E-state index contributed by atoms with van der Waals surface area (Å²) in [6, 6.07) is 0.301. The zero-order valence-electron chi connectivity index (χ0n) is 7.61. The number of ether oxygens (including phenoxy) is 1. The summed E-state index contributed by atoms with van der Waals surface area (Å²) in [6.45, 7) is 4.15. The normalized spacial score (nSPS) is 24.4. The topological polar surface area (TPSA) is 58.8 Å². The molecule has 2 N–H and O–H groups in total. The summed E-state index contributed by atoms with van der Waals surface area (Å²) in [7, 11) is 0. The van der Waals surface area contributed by atoms with Gasteiger partial charge >= 0.3 is 6.03 Å². The molecule has 0 aromatic heterocycles. The molecule has 0 unspecified atom stereocenters. The maximum atomic E-state index is 11.7. The Morgan fingerprint density at radius 3 is 2.38 bits per heavy atom. The Labute approximate surface area is 77.4 Å². The predicted molar refractivity (Wildman–Crippen MR) is 47.3 cm³/mol. The van der Waals surface area contributed by atoms with Gasteiger partial charge in [0.2, 0.25) is 0 Å². The maximum Gasteiger partial charge on any atom is 0.320 e. The van der Waals surface area contributed by atoms with Crippen molar-refractivity contribution in [3.8, 4) is 0 Å². The van der Waals surface area contributed by atoms with E-state index in [4.69, 9.17) is 10.5 Å². The highest BCUT2D eigenvalue weighted by atomic mass is 16.5. The summed E-state index contributed by atoms with van der Waals surface area (Å²) in [4.78, 5) is 15.3. The van der Waals surface area contributed by atoms with E-state index in [9.17, 15) is 4.79 Å². The molecule has 2 aliphatic heterocycles. The van der Waals surface area contributed by atoms with E-state index in [-0.39, 0.29) is 12.1 Å². The summed E-state index contributed by atoms with van der Waals surface area (Å²) in [5.41, 5.74) is 5.60. The van der Waals surface area contributed by atoms with Crippen molar-refractivity contribution in [3.63, 3.8) is 0 Å². The van der Waals surface area contributed by atoms with Gasteiger partial charge < -0.3 is 20.3 Å². The van der Waals surface area contributed by atoms with Crippen molar-refractivity contribution in [2.45, 2.75) is 6.04 Å². The molecule has 0 spiro atoms. The van der Waals surface area contributed by atoms with Gasteiger partial charge in [-0.1, -0.05) is 0 Å². The van der Waals surface area contributed by atoms with Crippen LogP contribution < -0.4 is 5.73 Å². The van der Waals surface area contributed by atoms with E-state index >= 15 is 0 Å². The van der Waals surface area contributed by atoms with Crippen LogP contribution in [0.1, 0.15) is 0 Å². The van der Waals surface area contributed by atoms with E-state index < -0.39 is 0 Å². The number of urea groups is 1. The third kappa shape index (κ3) is 1.76. The van der Waals surface area contributed by atoms with Crippen LogP contribution in [0.5, 0.6) is 0 Å². The van der Waals surface area contributed by atoms with E-state index in [1.54, 1.807) is 4.90 Å². The molecule has 2 amide bonds. The molecule has 2 fully saturated rings. The fourth-order valence-corrected chi connectivity index (χ4v) is 1.62. The van der Waals surface area contributed by atoms with Gasteiger partial charge in [0.25, 0.3) is 0 Å². The van der Waals surface area contributed by atoms with Crippen LogP contribution in [0.15, 0.2) is 0 Å². The first kappa shape index (κ1) is 8.77. The first-order valence-electron chi connectivity index (χ1n) is 4.64. The van der Waals surface area contributed by atoms with Gasteiger partial charge in [-0.2, -0.15) is 0 Å². The number of hydrogen-bond donors (Lipinski definition) is 1. The number of nitrogens with two attached hydrogens (primary N) is 1. The van der Waals surface area contributed by atoms with Crippen LogP contribution in [-0.4, -0.2) is 61.3 Å². The molecule has 5 heteroatoms. The Kier molecular flexibility index (Phi) is 2.37. The van der Waals surface area contributed by atoms with Gasteiger partial charge in [-0.05, 0) is 0 Å². The van der Waals surface area contributed by atoms with Crippen molar-refractivity contribution in [1.29, 1.82) is 0 Å². The second-order valence-corrected chi connectivity index (χ2v) is 3.55. The molecule has 0 saturated carbocycles. The number of nitrogens with zero attached hydrogens (tertiary/aromatic N) is 2. The van der Waals surface area contributed by atoms with Crippen LogP contribution in [0.3, 0.4) is 0 Å². The highest BCUT2D eigenvalue weighted by Gasteiger charge is 2.31. The Balaban J connectivity index is 1.82. The number of rotatable bonds is 0. The fourth-order valence-electron chi connectivity index (χ4n) is 1.62. The average molecular weight is 185 g/mol. The summed E-state index contributed by atoms with van der Waals surface area (Å²) < 4.78 is 5.17. The number of hydrogen-bond acceptors (Lipinski definition) is 3. The van der Waals surface area contributed by atoms with Crippen LogP contribution >= 0.6 is 0 Å². The van der Waals surface area contributed by atoms with Crippen LogP contribution in [-0.2, 0) is 4.74 Å². The molecule has 0 bridgehead atoms. The van der Waals surface area contributed by atoms with Gasteiger partial charge in [0.05, 0.1) is 13.2 Å². The fraction of sp³-hybridized carbons (Fsp3) is 0.875. The minimum atomic E-state index is 0.116. The second-order valence-electron chi connectivity index (χ2n) is 3.55. The minimum Gasteiger partial charge on any atom is -0.378 e. The average Bonchev–Trinajstić information content (AvgIpc) is 2.13. The molecule has 0 radical (unpaired) electrons. The Bertz CT molecular complexity index is 198. The van der Waals surface area contributed by atoms with Crippen molar-refractivity contribution < 1.29 is 9.53 Å². The molecule has 5 nitrogen and oxygen atoms in total. The predicted octanol–water partition coefficient (Wildman–Crippen LogP) is -0.918. The van der Waals surface area contributed by atoms with Crippen molar-refractivity contribution >= 4 is 6.03 Å². The van der Waals surface area contributed by atoms with Gasteiger partial charge in [-0.15, -0.1) is 0 Å². The van der Waals surface area contributed by atoms with E-state index in [0.29, 0.717) is 39.4 Å². The molecule has 2 saturated heterocycles. The lowest BCUT2D eigenvalue weighted by atomic mass is 10.1. The van der Waals surface area contributed by atoms with Crippen LogP contribution in [0.2, 0.25) is 0 Å². The van der Waals surface area contributed by atoms with Crippen molar-refractivity contribution in [1.82, 2.24) is 9.80 Å². The minimum absolute atomic E-state index is 0.116. The van der Waals surface area contributed by atoms with Crippen LogP contribution in [0.25, 0.3) is 0 Å². The Hall–Kier alpha value is -0.810. The molecule has 2 aliphatic rings.